The van der Waals surface area contributed by atoms with Crippen LogP contribution in [0.4, 0.5) is 5.69 Å². The minimum absolute atomic E-state index is 0.195. The van der Waals surface area contributed by atoms with Crippen molar-refractivity contribution in [3.63, 3.8) is 0 Å². The quantitative estimate of drug-likeness (QED) is 0.0816. The summed E-state index contributed by atoms with van der Waals surface area (Å²) in [7, 11) is 0. The molecule has 10 nitrogen and oxygen atoms in total. The zero-order valence-electron chi connectivity index (χ0n) is 35.3. The molecule has 8 rings (SSSR count). The second kappa shape index (κ2) is 17.7. The molecule has 3 aromatic carbocycles. The maximum absolute atomic E-state index is 13.2. The molecule has 0 aliphatic heterocycles. The number of nitrogens with zero attached hydrogens (tertiary/aromatic N) is 1. The Morgan fingerprint density at radius 1 is 0.934 bits per heavy atom. The molecule has 2 saturated carbocycles. The Hall–Kier alpha value is -5.09. The molecule has 0 bridgehead atoms. The Morgan fingerprint density at radius 3 is 2.44 bits per heavy atom. The Morgan fingerprint density at radius 2 is 1.72 bits per heavy atom. The first-order chi connectivity index (χ1) is 29.4. The summed E-state index contributed by atoms with van der Waals surface area (Å²) in [6, 6.07) is 24.0. The molecule has 4 aliphatic carbocycles. The molecule has 0 radical (unpaired) electrons. The van der Waals surface area contributed by atoms with E-state index >= 15 is 0 Å². The van der Waals surface area contributed by atoms with Gasteiger partial charge in [-0.1, -0.05) is 67.9 Å². The molecule has 1 amide bonds. The normalized spacial score (nSPS) is 24.4. The highest BCUT2D eigenvalue weighted by atomic mass is 35.5. The third-order valence-corrected chi connectivity index (χ3v) is 14.5. The fourth-order valence-corrected chi connectivity index (χ4v) is 10.8. The topological polar surface area (TPSA) is 147 Å². The van der Waals surface area contributed by atoms with Crippen molar-refractivity contribution < 1.29 is 34.1 Å². The summed E-state index contributed by atoms with van der Waals surface area (Å²) in [5.41, 5.74) is 4.71. The number of benzene rings is 3. The van der Waals surface area contributed by atoms with Crippen LogP contribution < -0.4 is 20.1 Å². The van der Waals surface area contributed by atoms with Gasteiger partial charge in [0.15, 0.2) is 0 Å². The highest BCUT2D eigenvalue weighted by Gasteiger charge is 2.54. The average molecular weight is 848 g/mol. The number of rotatable bonds is 17. The molecule has 11 heteroatoms. The van der Waals surface area contributed by atoms with Gasteiger partial charge in [0.1, 0.15) is 23.1 Å². The number of aromatic nitrogens is 1. The standard InChI is InChI=1S/C50H58ClN3O7/c1-32(30-60-43-16-23-52-41-13-6-8-33(2)45(41)43)24-36-26-35-14-15-39(61-31-48(17-18-48)29-44(55)53-42(46(56)57)25-34-9-4-3-5-10-34)28-40(35)49(36)19-21-50(22-20-49,47(58)59)54-38-12-7-11-37(51)27-38/h3-5,7,9-12,14-16,23,27-28,32-33,36,42,54H,6,8,13,17-22,24-26,29-31H2,1-2H3,(H,53,55)(H,56,57)(H,58,59)/t32-,33-,36?,42-,49?,50?/m1/s1. The number of ether oxygens (including phenoxy) is 2. The van der Waals surface area contributed by atoms with E-state index in [0.29, 0.717) is 55.5 Å². The van der Waals surface area contributed by atoms with Gasteiger partial charge in [-0.2, -0.15) is 0 Å². The number of carbonyl (C=O) groups is 3. The van der Waals surface area contributed by atoms with Crippen molar-refractivity contribution in [3.8, 4) is 11.5 Å². The van der Waals surface area contributed by atoms with Gasteiger partial charge in [0.2, 0.25) is 5.91 Å². The fraction of sp³-hybridized carbons (Fsp3) is 0.480. The van der Waals surface area contributed by atoms with E-state index in [-0.39, 0.29) is 41.4 Å². The van der Waals surface area contributed by atoms with Crippen molar-refractivity contribution in [1.82, 2.24) is 10.3 Å². The van der Waals surface area contributed by atoms with Crippen molar-refractivity contribution in [1.29, 1.82) is 0 Å². The summed E-state index contributed by atoms with van der Waals surface area (Å²) in [6.45, 7) is 5.47. The van der Waals surface area contributed by atoms with Gasteiger partial charge >= 0.3 is 11.9 Å². The summed E-state index contributed by atoms with van der Waals surface area (Å²) in [4.78, 5) is 43.1. The first kappa shape index (κ1) is 42.6. The van der Waals surface area contributed by atoms with Crippen LogP contribution >= 0.6 is 11.6 Å². The third kappa shape index (κ3) is 9.40. The van der Waals surface area contributed by atoms with Gasteiger partial charge in [-0.3, -0.25) is 9.78 Å². The van der Waals surface area contributed by atoms with E-state index in [1.807, 2.05) is 60.8 Å². The highest BCUT2D eigenvalue weighted by Crippen LogP contribution is 2.57. The van der Waals surface area contributed by atoms with Crippen LogP contribution in [0.2, 0.25) is 5.02 Å². The van der Waals surface area contributed by atoms with Gasteiger partial charge < -0.3 is 30.3 Å². The second-order valence-electron chi connectivity index (χ2n) is 18.6. The number of fused-ring (bicyclic) bond motifs is 3. The number of nitrogens with one attached hydrogen (secondary N) is 2. The lowest BCUT2D eigenvalue weighted by Crippen LogP contribution is -2.53. The second-order valence-corrected chi connectivity index (χ2v) is 19.1. The summed E-state index contributed by atoms with van der Waals surface area (Å²) in [6.07, 6.45) is 11.3. The van der Waals surface area contributed by atoms with Crippen molar-refractivity contribution in [2.45, 2.75) is 120 Å². The minimum atomic E-state index is -1.14. The predicted octanol–water partition coefficient (Wildman–Crippen LogP) is 9.56. The number of carbonyl (C=O) groups excluding carboxylic acids is 1. The van der Waals surface area contributed by atoms with E-state index in [0.717, 1.165) is 67.7 Å². The first-order valence-corrected chi connectivity index (χ1v) is 22.4. The lowest BCUT2D eigenvalue weighted by Gasteiger charge is -2.47. The summed E-state index contributed by atoms with van der Waals surface area (Å²) < 4.78 is 13.1. The van der Waals surface area contributed by atoms with Crippen molar-refractivity contribution in [2.24, 2.45) is 17.3 Å². The molecule has 4 N–H and O–H groups in total. The van der Waals surface area contributed by atoms with Crippen molar-refractivity contribution in [2.75, 3.05) is 18.5 Å². The largest absolute Gasteiger partial charge is 0.493 e. The Balaban J connectivity index is 0.982. The Labute approximate surface area is 363 Å². The SMILES string of the molecule is C[C@@H](COc1ccnc2c1[C@H](C)CCC2)CC1Cc2ccc(OCC3(CC(=O)N[C@H](Cc4ccccc4)C(=O)O)CC3)cc2C12CCC(Nc1cccc(Cl)c1)(C(=O)O)CC2. The van der Waals surface area contributed by atoms with Gasteiger partial charge in [-0.05, 0) is 147 Å². The lowest BCUT2D eigenvalue weighted by atomic mass is 9.59. The third-order valence-electron chi connectivity index (χ3n) is 14.2. The molecule has 2 fully saturated rings. The first-order valence-electron chi connectivity index (χ1n) is 22.1. The molecule has 1 aromatic heterocycles. The van der Waals surface area contributed by atoms with Gasteiger partial charge in [-0.25, -0.2) is 9.59 Å². The summed E-state index contributed by atoms with van der Waals surface area (Å²) >= 11 is 6.32. The number of pyridine rings is 1. The van der Waals surface area contributed by atoms with Gasteiger partial charge in [0.05, 0.1) is 13.2 Å². The van der Waals surface area contributed by atoms with Crippen LogP contribution in [-0.2, 0) is 39.1 Å². The maximum atomic E-state index is 13.2. The molecule has 1 spiro atoms. The van der Waals surface area contributed by atoms with E-state index in [9.17, 15) is 24.6 Å². The molecule has 1 unspecified atom stereocenters. The van der Waals surface area contributed by atoms with Gasteiger partial charge in [0, 0.05) is 46.4 Å². The van der Waals surface area contributed by atoms with E-state index in [2.05, 4.69) is 41.6 Å². The number of carboxylic acids is 2. The zero-order chi connectivity index (χ0) is 42.8. The van der Waals surface area contributed by atoms with Crippen LogP contribution in [0.1, 0.15) is 112 Å². The molecular formula is C50H58ClN3O7. The predicted molar refractivity (Wildman–Crippen MR) is 236 cm³/mol. The van der Waals surface area contributed by atoms with E-state index in [4.69, 9.17) is 21.1 Å². The minimum Gasteiger partial charge on any atom is -0.493 e. The smallest absolute Gasteiger partial charge is 0.329 e. The van der Waals surface area contributed by atoms with Crippen LogP contribution in [0.3, 0.4) is 0 Å². The number of carboxylic acid groups (broad SMARTS) is 2. The van der Waals surface area contributed by atoms with Crippen molar-refractivity contribution in [3.05, 3.63) is 118 Å². The number of amides is 1. The van der Waals surface area contributed by atoms with Crippen LogP contribution in [-0.4, -0.2) is 57.8 Å². The van der Waals surface area contributed by atoms with Crippen molar-refractivity contribution >= 4 is 35.1 Å². The van der Waals surface area contributed by atoms with Crippen LogP contribution in [0.15, 0.2) is 85.1 Å². The highest BCUT2D eigenvalue weighted by molar-refractivity contribution is 6.30. The van der Waals surface area contributed by atoms with E-state index in [1.54, 1.807) is 12.1 Å². The Bertz CT molecular complexity index is 2240. The number of halogens is 1. The zero-order valence-corrected chi connectivity index (χ0v) is 36.0. The summed E-state index contributed by atoms with van der Waals surface area (Å²) in [5.74, 6) is 0.424. The number of hydrogen-bond acceptors (Lipinski definition) is 7. The molecule has 322 valence electrons. The monoisotopic (exact) mass is 847 g/mol. The van der Waals surface area contributed by atoms with E-state index in [1.165, 1.54) is 16.7 Å². The number of anilines is 1. The van der Waals surface area contributed by atoms with Crippen LogP contribution in [0.25, 0.3) is 0 Å². The average Bonchev–Trinajstić information content (AvgIpc) is 3.95. The van der Waals surface area contributed by atoms with Gasteiger partial charge in [-0.15, -0.1) is 0 Å². The molecule has 4 aromatic rings. The van der Waals surface area contributed by atoms with Crippen LogP contribution in [0, 0.1) is 17.3 Å². The number of aliphatic carboxylic acids is 2. The molecule has 61 heavy (non-hydrogen) atoms. The molecule has 4 aliphatic rings. The van der Waals surface area contributed by atoms with Crippen LogP contribution in [0.5, 0.6) is 11.5 Å². The lowest BCUT2D eigenvalue weighted by molar-refractivity contribution is -0.144. The number of aryl methyl sites for hydroxylation is 1. The maximum Gasteiger partial charge on any atom is 0.329 e. The molecular weight excluding hydrogens is 790 g/mol. The fourth-order valence-electron chi connectivity index (χ4n) is 10.6. The molecule has 1 heterocycles. The Kier molecular flexibility index (Phi) is 12.4. The summed E-state index contributed by atoms with van der Waals surface area (Å²) in [5, 5.41) is 27.3. The van der Waals surface area contributed by atoms with Gasteiger partial charge in [0.25, 0.3) is 0 Å². The number of hydrogen-bond donors (Lipinski definition) is 4. The molecule has 0 saturated heterocycles. The molecule has 4 atom stereocenters. The van der Waals surface area contributed by atoms with E-state index < -0.39 is 23.5 Å².